The summed E-state index contributed by atoms with van der Waals surface area (Å²) >= 11 is 0. The second-order valence-corrected chi connectivity index (χ2v) is 9.17. The lowest BCUT2D eigenvalue weighted by Crippen LogP contribution is -2.53. The lowest BCUT2D eigenvalue weighted by atomic mass is 9.92. The van der Waals surface area contributed by atoms with Gasteiger partial charge in [0.25, 0.3) is 0 Å². The topological polar surface area (TPSA) is 48.9 Å². The standard InChI is InChI=1S/C24H38N4O2/c1-2-28(23-9-15-30-16-10-23)24(29)21-6-4-12-27(19-21)22-7-13-26(14-8-22)18-20-5-3-11-25-17-20/h3,5,11,17,21-23H,2,4,6-10,12-16,18-19H2,1H3/t21-/m0/s1. The van der Waals surface area contributed by atoms with Gasteiger partial charge < -0.3 is 9.64 Å². The maximum Gasteiger partial charge on any atom is 0.227 e. The molecule has 3 fully saturated rings. The van der Waals surface area contributed by atoms with Crippen LogP contribution >= 0.6 is 0 Å². The largest absolute Gasteiger partial charge is 0.381 e. The van der Waals surface area contributed by atoms with Gasteiger partial charge in [-0.15, -0.1) is 0 Å². The summed E-state index contributed by atoms with van der Waals surface area (Å²) in [4.78, 5) is 24.9. The number of hydrogen-bond donors (Lipinski definition) is 0. The van der Waals surface area contributed by atoms with E-state index in [1.165, 1.54) is 18.4 Å². The molecule has 3 saturated heterocycles. The molecule has 1 atom stereocenters. The normalized spacial score (nSPS) is 25.3. The van der Waals surface area contributed by atoms with E-state index < -0.39 is 0 Å². The van der Waals surface area contributed by atoms with Crippen LogP contribution < -0.4 is 0 Å². The molecule has 166 valence electrons. The third-order valence-electron chi connectivity index (χ3n) is 7.26. The van der Waals surface area contributed by atoms with Gasteiger partial charge in [-0.3, -0.25) is 19.6 Å². The highest BCUT2D eigenvalue weighted by Crippen LogP contribution is 2.27. The number of rotatable bonds is 6. The third kappa shape index (κ3) is 5.40. The van der Waals surface area contributed by atoms with Gasteiger partial charge in [0, 0.05) is 57.3 Å². The van der Waals surface area contributed by atoms with Crippen molar-refractivity contribution >= 4 is 5.91 Å². The van der Waals surface area contributed by atoms with E-state index in [1.807, 2.05) is 18.5 Å². The molecule has 6 heteroatoms. The van der Waals surface area contributed by atoms with E-state index in [2.05, 4.69) is 32.7 Å². The molecule has 0 unspecified atom stereocenters. The van der Waals surface area contributed by atoms with Gasteiger partial charge in [0.05, 0.1) is 5.92 Å². The Bertz CT molecular complexity index is 656. The molecule has 0 radical (unpaired) electrons. The first kappa shape index (κ1) is 21.7. The molecular formula is C24H38N4O2. The molecule has 1 aromatic rings. The van der Waals surface area contributed by atoms with E-state index in [1.54, 1.807) is 0 Å². The molecule has 3 aliphatic heterocycles. The molecule has 4 heterocycles. The first-order chi connectivity index (χ1) is 14.7. The molecule has 1 aromatic heterocycles. The van der Waals surface area contributed by atoms with Crippen LogP contribution in [0.1, 0.15) is 51.0 Å². The fraction of sp³-hybridized carbons (Fsp3) is 0.750. The number of carbonyl (C=O) groups is 1. The molecule has 0 bridgehead atoms. The van der Waals surface area contributed by atoms with Crippen molar-refractivity contribution in [2.24, 2.45) is 5.92 Å². The average molecular weight is 415 g/mol. The predicted octanol–water partition coefficient (Wildman–Crippen LogP) is 2.79. The number of likely N-dealkylation sites (tertiary alicyclic amines) is 2. The quantitative estimate of drug-likeness (QED) is 0.716. The summed E-state index contributed by atoms with van der Waals surface area (Å²) in [6, 6.07) is 5.19. The minimum Gasteiger partial charge on any atom is -0.381 e. The van der Waals surface area contributed by atoms with Crippen molar-refractivity contribution < 1.29 is 9.53 Å². The van der Waals surface area contributed by atoms with Crippen molar-refractivity contribution in [3.05, 3.63) is 30.1 Å². The number of hydrogen-bond acceptors (Lipinski definition) is 5. The van der Waals surface area contributed by atoms with Gasteiger partial charge in [-0.2, -0.15) is 0 Å². The van der Waals surface area contributed by atoms with Gasteiger partial charge in [0.1, 0.15) is 0 Å². The minimum absolute atomic E-state index is 0.176. The lowest BCUT2D eigenvalue weighted by Gasteiger charge is -2.43. The molecule has 1 amide bonds. The first-order valence-corrected chi connectivity index (χ1v) is 12.0. The van der Waals surface area contributed by atoms with Crippen LogP contribution in [-0.4, -0.2) is 83.6 Å². The summed E-state index contributed by atoms with van der Waals surface area (Å²) in [5.74, 6) is 0.568. The van der Waals surface area contributed by atoms with Crippen LogP contribution in [0.4, 0.5) is 0 Å². The van der Waals surface area contributed by atoms with Gasteiger partial charge >= 0.3 is 0 Å². The van der Waals surface area contributed by atoms with Crippen molar-refractivity contribution in [1.82, 2.24) is 19.7 Å². The third-order valence-corrected chi connectivity index (χ3v) is 7.26. The fourth-order valence-corrected chi connectivity index (χ4v) is 5.56. The van der Waals surface area contributed by atoms with Gasteiger partial charge in [0.2, 0.25) is 5.91 Å². The Morgan fingerprint density at radius 3 is 2.67 bits per heavy atom. The summed E-state index contributed by atoms with van der Waals surface area (Å²) < 4.78 is 5.51. The molecule has 0 N–H and O–H groups in total. The molecular weight excluding hydrogens is 376 g/mol. The van der Waals surface area contributed by atoms with Crippen molar-refractivity contribution in [3.63, 3.8) is 0 Å². The van der Waals surface area contributed by atoms with Crippen LogP contribution in [0.5, 0.6) is 0 Å². The highest BCUT2D eigenvalue weighted by Gasteiger charge is 2.35. The molecule has 4 rings (SSSR count). The summed E-state index contributed by atoms with van der Waals surface area (Å²) in [6.45, 7) is 9.92. The molecule has 6 nitrogen and oxygen atoms in total. The molecule has 0 spiro atoms. The number of amides is 1. The maximum atomic E-state index is 13.4. The summed E-state index contributed by atoms with van der Waals surface area (Å²) in [5, 5.41) is 0. The minimum atomic E-state index is 0.176. The highest BCUT2D eigenvalue weighted by atomic mass is 16.5. The van der Waals surface area contributed by atoms with Crippen LogP contribution in [0.3, 0.4) is 0 Å². The van der Waals surface area contributed by atoms with Crippen molar-refractivity contribution in [1.29, 1.82) is 0 Å². The number of pyridine rings is 1. The second kappa shape index (κ2) is 10.7. The number of aromatic nitrogens is 1. The van der Waals surface area contributed by atoms with E-state index in [0.717, 1.165) is 78.2 Å². The number of ether oxygens (including phenoxy) is 1. The Balaban J connectivity index is 1.28. The molecule has 0 saturated carbocycles. The van der Waals surface area contributed by atoms with E-state index in [-0.39, 0.29) is 5.92 Å². The lowest BCUT2D eigenvalue weighted by molar-refractivity contribution is -0.141. The Kier molecular flexibility index (Phi) is 7.74. The molecule has 30 heavy (non-hydrogen) atoms. The Morgan fingerprint density at radius 2 is 1.97 bits per heavy atom. The van der Waals surface area contributed by atoms with Crippen LogP contribution in [0.2, 0.25) is 0 Å². The summed E-state index contributed by atoms with van der Waals surface area (Å²) in [6.07, 6.45) is 10.4. The molecule has 3 aliphatic rings. The highest BCUT2D eigenvalue weighted by molar-refractivity contribution is 5.79. The van der Waals surface area contributed by atoms with E-state index >= 15 is 0 Å². The number of carbonyl (C=O) groups excluding carboxylic acids is 1. The zero-order chi connectivity index (χ0) is 20.8. The summed E-state index contributed by atoms with van der Waals surface area (Å²) in [5.41, 5.74) is 1.30. The molecule has 0 aromatic carbocycles. The van der Waals surface area contributed by atoms with Crippen molar-refractivity contribution in [2.75, 3.05) is 45.9 Å². The van der Waals surface area contributed by atoms with Crippen LogP contribution in [0.15, 0.2) is 24.5 Å². The number of piperidine rings is 2. The van der Waals surface area contributed by atoms with E-state index in [9.17, 15) is 4.79 Å². The number of nitrogens with zero attached hydrogens (tertiary/aromatic N) is 4. The second-order valence-electron chi connectivity index (χ2n) is 9.17. The maximum absolute atomic E-state index is 13.4. The van der Waals surface area contributed by atoms with Gasteiger partial charge in [-0.05, 0) is 76.7 Å². The Hall–Kier alpha value is -1.50. The molecule has 0 aliphatic carbocycles. The zero-order valence-corrected chi connectivity index (χ0v) is 18.5. The van der Waals surface area contributed by atoms with Crippen LogP contribution in [-0.2, 0) is 16.1 Å². The Labute approximate surface area is 181 Å². The predicted molar refractivity (Wildman–Crippen MR) is 118 cm³/mol. The van der Waals surface area contributed by atoms with Crippen molar-refractivity contribution in [2.45, 2.75) is 64.1 Å². The van der Waals surface area contributed by atoms with Gasteiger partial charge in [-0.1, -0.05) is 6.07 Å². The van der Waals surface area contributed by atoms with E-state index in [4.69, 9.17) is 4.74 Å². The SMILES string of the molecule is CCN(C(=O)[C@H]1CCCN(C2CCN(Cc3cccnc3)CC2)C1)C1CCOCC1. The van der Waals surface area contributed by atoms with Crippen LogP contribution in [0, 0.1) is 5.92 Å². The summed E-state index contributed by atoms with van der Waals surface area (Å²) in [7, 11) is 0. The van der Waals surface area contributed by atoms with Crippen molar-refractivity contribution in [3.8, 4) is 0 Å². The Morgan fingerprint density at radius 1 is 1.17 bits per heavy atom. The zero-order valence-electron chi connectivity index (χ0n) is 18.5. The first-order valence-electron chi connectivity index (χ1n) is 12.0. The van der Waals surface area contributed by atoms with E-state index in [0.29, 0.717) is 18.0 Å². The van der Waals surface area contributed by atoms with Gasteiger partial charge in [0.15, 0.2) is 0 Å². The average Bonchev–Trinajstić information content (AvgIpc) is 2.81. The van der Waals surface area contributed by atoms with Crippen LogP contribution in [0.25, 0.3) is 0 Å². The van der Waals surface area contributed by atoms with Gasteiger partial charge in [-0.25, -0.2) is 0 Å². The fourth-order valence-electron chi connectivity index (χ4n) is 5.56. The monoisotopic (exact) mass is 414 g/mol. The smallest absolute Gasteiger partial charge is 0.227 e.